The van der Waals surface area contributed by atoms with E-state index in [-0.39, 0.29) is 5.41 Å². The lowest BCUT2D eigenvalue weighted by atomic mass is 9.82. The first-order valence-corrected chi connectivity index (χ1v) is 15.5. The van der Waals surface area contributed by atoms with E-state index in [2.05, 4.69) is 170 Å². The van der Waals surface area contributed by atoms with Crippen molar-refractivity contribution in [2.45, 2.75) is 19.3 Å². The van der Waals surface area contributed by atoms with E-state index in [1.54, 1.807) is 0 Å². The molecule has 0 saturated heterocycles. The molecule has 44 heavy (non-hydrogen) atoms. The van der Waals surface area contributed by atoms with Crippen LogP contribution in [0, 0.1) is 0 Å². The van der Waals surface area contributed by atoms with Crippen LogP contribution in [0.25, 0.3) is 71.6 Å². The summed E-state index contributed by atoms with van der Waals surface area (Å²) in [5, 5.41) is 5.26. The van der Waals surface area contributed by atoms with Gasteiger partial charge >= 0.3 is 0 Å². The molecule has 0 atom stereocenters. The Hall–Kier alpha value is -5.40. The van der Waals surface area contributed by atoms with Crippen LogP contribution < -0.4 is 0 Å². The first-order valence-electron chi connectivity index (χ1n) is 15.5. The van der Waals surface area contributed by atoms with Gasteiger partial charge in [0.1, 0.15) is 0 Å². The molecule has 0 radical (unpaired) electrons. The Morgan fingerprint density at radius 1 is 0.432 bits per heavy atom. The highest BCUT2D eigenvalue weighted by Crippen LogP contribution is 2.55. The summed E-state index contributed by atoms with van der Waals surface area (Å²) in [6.45, 7) is 4.76. The predicted molar refractivity (Wildman–Crippen MR) is 187 cm³/mol. The highest BCUT2D eigenvalue weighted by Gasteiger charge is 2.38. The number of rotatable bonds is 3. The van der Waals surface area contributed by atoms with Crippen LogP contribution in [0.5, 0.6) is 0 Å². The largest absolute Gasteiger partial charge is 0.309 e. The Bertz CT molecular complexity index is 2330. The summed E-state index contributed by atoms with van der Waals surface area (Å²) in [7, 11) is 0. The summed E-state index contributed by atoms with van der Waals surface area (Å²) < 4.78 is 2.49. The van der Waals surface area contributed by atoms with E-state index in [1.165, 1.54) is 82.8 Å². The van der Waals surface area contributed by atoms with Crippen molar-refractivity contribution < 1.29 is 0 Å². The van der Waals surface area contributed by atoms with Crippen molar-refractivity contribution >= 4 is 32.6 Å². The minimum atomic E-state index is -0.0835. The fourth-order valence-electron chi connectivity index (χ4n) is 7.66. The average molecular weight is 562 g/mol. The summed E-state index contributed by atoms with van der Waals surface area (Å²) in [4.78, 5) is 0. The predicted octanol–water partition coefficient (Wildman–Crippen LogP) is 11.6. The summed E-state index contributed by atoms with van der Waals surface area (Å²) in [5.74, 6) is 0. The van der Waals surface area contributed by atoms with Gasteiger partial charge in [-0.3, -0.25) is 0 Å². The monoisotopic (exact) mass is 561 g/mol. The molecular weight excluding hydrogens is 530 g/mol. The molecule has 0 amide bonds. The van der Waals surface area contributed by atoms with Crippen LogP contribution in [0.3, 0.4) is 0 Å². The molecule has 9 rings (SSSR count). The second-order valence-electron chi connectivity index (χ2n) is 12.6. The third kappa shape index (κ3) is 3.53. The topological polar surface area (TPSA) is 4.93 Å². The molecule has 7 aromatic carbocycles. The van der Waals surface area contributed by atoms with Gasteiger partial charge < -0.3 is 4.57 Å². The SMILES string of the molecule is CC1(C)c2ccc3ccccc3c2-c2c1ccc1c2c2ccccc2n1-c1cc(-c2ccccc2)cc(-c2ccccc2)c1. The van der Waals surface area contributed by atoms with Crippen molar-refractivity contribution in [1.82, 2.24) is 4.57 Å². The minimum Gasteiger partial charge on any atom is -0.309 e. The molecule has 1 aliphatic carbocycles. The quantitative estimate of drug-likeness (QED) is 0.202. The highest BCUT2D eigenvalue weighted by atomic mass is 15.0. The summed E-state index contributed by atoms with van der Waals surface area (Å²) >= 11 is 0. The van der Waals surface area contributed by atoms with Crippen LogP contribution in [0.15, 0.2) is 152 Å². The fraction of sp³-hybridized carbons (Fsp3) is 0.0698. The Balaban J connectivity index is 1.41. The zero-order valence-corrected chi connectivity index (χ0v) is 24.9. The third-order valence-electron chi connectivity index (χ3n) is 9.75. The molecule has 0 N–H and O–H groups in total. The van der Waals surface area contributed by atoms with Gasteiger partial charge in [0.2, 0.25) is 0 Å². The fourth-order valence-corrected chi connectivity index (χ4v) is 7.66. The normalized spacial score (nSPS) is 13.4. The van der Waals surface area contributed by atoms with E-state index >= 15 is 0 Å². The molecule has 0 aliphatic heterocycles. The lowest BCUT2D eigenvalue weighted by Gasteiger charge is -2.21. The van der Waals surface area contributed by atoms with Gasteiger partial charge in [0.05, 0.1) is 11.0 Å². The Morgan fingerprint density at radius 2 is 1.00 bits per heavy atom. The van der Waals surface area contributed by atoms with Crippen molar-refractivity contribution in [3.8, 4) is 39.1 Å². The van der Waals surface area contributed by atoms with Gasteiger partial charge in [0.15, 0.2) is 0 Å². The molecule has 0 bridgehead atoms. The second kappa shape index (κ2) is 9.30. The number of nitrogens with zero attached hydrogens (tertiary/aromatic N) is 1. The van der Waals surface area contributed by atoms with Crippen molar-refractivity contribution in [2.75, 3.05) is 0 Å². The van der Waals surface area contributed by atoms with Crippen molar-refractivity contribution in [3.63, 3.8) is 0 Å². The van der Waals surface area contributed by atoms with E-state index < -0.39 is 0 Å². The Morgan fingerprint density at radius 3 is 1.70 bits per heavy atom. The molecular formula is C43H31N. The van der Waals surface area contributed by atoms with Gasteiger partial charge in [-0.25, -0.2) is 0 Å². The van der Waals surface area contributed by atoms with Crippen LogP contribution in [0.1, 0.15) is 25.0 Å². The van der Waals surface area contributed by atoms with Gasteiger partial charge in [0, 0.05) is 21.9 Å². The van der Waals surface area contributed by atoms with Crippen LogP contribution in [0.4, 0.5) is 0 Å². The number of benzene rings is 7. The van der Waals surface area contributed by atoms with Gasteiger partial charge in [-0.15, -0.1) is 0 Å². The van der Waals surface area contributed by atoms with Crippen molar-refractivity contribution in [3.05, 3.63) is 163 Å². The van der Waals surface area contributed by atoms with Crippen molar-refractivity contribution in [2.24, 2.45) is 0 Å². The van der Waals surface area contributed by atoms with Gasteiger partial charge in [-0.05, 0) is 85.6 Å². The molecule has 0 fully saturated rings. The van der Waals surface area contributed by atoms with Gasteiger partial charge in [-0.2, -0.15) is 0 Å². The Labute approximate surface area is 257 Å². The van der Waals surface area contributed by atoms with E-state index in [1.807, 2.05) is 0 Å². The van der Waals surface area contributed by atoms with Gasteiger partial charge in [-0.1, -0.05) is 135 Å². The van der Waals surface area contributed by atoms with Crippen LogP contribution >= 0.6 is 0 Å². The molecule has 0 saturated carbocycles. The zero-order chi connectivity index (χ0) is 29.4. The molecule has 1 nitrogen and oxygen atoms in total. The maximum Gasteiger partial charge on any atom is 0.0547 e. The number of para-hydroxylation sites is 1. The van der Waals surface area contributed by atoms with Gasteiger partial charge in [0.25, 0.3) is 0 Å². The Kier molecular flexibility index (Phi) is 5.31. The van der Waals surface area contributed by atoms with Crippen LogP contribution in [0.2, 0.25) is 0 Å². The summed E-state index contributed by atoms with van der Waals surface area (Å²) in [6.07, 6.45) is 0. The molecule has 0 unspecified atom stereocenters. The van der Waals surface area contributed by atoms with Crippen molar-refractivity contribution in [1.29, 1.82) is 0 Å². The molecule has 208 valence electrons. The standard InChI is InChI=1S/C43H31N/c1-43(2)36-22-21-30-17-9-10-18-34(30)40(36)42-37(43)23-24-39-41(42)35-19-11-12-20-38(35)44(39)33-26-31(28-13-5-3-6-14-28)25-32(27-33)29-15-7-4-8-16-29/h3-27H,1-2H3. The molecule has 1 aromatic heterocycles. The highest BCUT2D eigenvalue weighted by molar-refractivity contribution is 6.20. The summed E-state index contributed by atoms with van der Waals surface area (Å²) in [5.41, 5.74) is 14.0. The maximum atomic E-state index is 2.49. The molecule has 1 heterocycles. The summed E-state index contributed by atoms with van der Waals surface area (Å²) in [6, 6.07) is 55.7. The van der Waals surface area contributed by atoms with E-state index in [4.69, 9.17) is 0 Å². The molecule has 0 spiro atoms. The zero-order valence-electron chi connectivity index (χ0n) is 24.9. The number of aromatic nitrogens is 1. The third-order valence-corrected chi connectivity index (χ3v) is 9.75. The smallest absolute Gasteiger partial charge is 0.0547 e. The first-order chi connectivity index (χ1) is 21.6. The van der Waals surface area contributed by atoms with Crippen LogP contribution in [-0.2, 0) is 5.41 Å². The van der Waals surface area contributed by atoms with Crippen LogP contribution in [-0.4, -0.2) is 4.57 Å². The average Bonchev–Trinajstić information content (AvgIpc) is 3.54. The maximum absolute atomic E-state index is 2.49. The lowest BCUT2D eigenvalue weighted by molar-refractivity contribution is 0.661. The molecule has 1 aliphatic rings. The lowest BCUT2D eigenvalue weighted by Crippen LogP contribution is -2.14. The minimum absolute atomic E-state index is 0.0835. The van der Waals surface area contributed by atoms with E-state index in [9.17, 15) is 0 Å². The van der Waals surface area contributed by atoms with E-state index in [0.29, 0.717) is 0 Å². The number of hydrogen-bond donors (Lipinski definition) is 0. The first kappa shape index (κ1) is 25.1. The molecule has 8 aromatic rings. The number of hydrogen-bond acceptors (Lipinski definition) is 0. The van der Waals surface area contributed by atoms with E-state index in [0.717, 1.165) is 0 Å². The molecule has 1 heteroatoms. The second-order valence-corrected chi connectivity index (χ2v) is 12.6. The number of fused-ring (bicyclic) bond motifs is 9.